The van der Waals surface area contributed by atoms with Gasteiger partial charge in [-0.3, -0.25) is 4.79 Å². The summed E-state index contributed by atoms with van der Waals surface area (Å²) >= 11 is 1.96. The van der Waals surface area contributed by atoms with E-state index in [4.69, 9.17) is 4.52 Å². The SMILES string of the molecule is O=C(NCC1CCCS1)c1noc2c1CCCCC2. The lowest BCUT2D eigenvalue weighted by molar-refractivity contribution is 0.0943. The number of fused-ring (bicyclic) bond motifs is 1. The van der Waals surface area contributed by atoms with E-state index in [-0.39, 0.29) is 5.91 Å². The molecule has 4 nitrogen and oxygen atoms in total. The molecule has 0 bridgehead atoms. The Bertz CT molecular complexity index is 452. The first-order valence-corrected chi connectivity index (χ1v) is 8.26. The Balaban J connectivity index is 1.64. The zero-order valence-electron chi connectivity index (χ0n) is 11.1. The lowest BCUT2D eigenvalue weighted by Crippen LogP contribution is -2.30. The summed E-state index contributed by atoms with van der Waals surface area (Å²) in [6.07, 6.45) is 7.82. The molecule has 1 atom stereocenters. The van der Waals surface area contributed by atoms with Gasteiger partial charge in [-0.05, 0) is 37.9 Å². The van der Waals surface area contributed by atoms with Gasteiger partial charge in [0, 0.05) is 23.8 Å². The van der Waals surface area contributed by atoms with Crippen LogP contribution in [-0.2, 0) is 12.8 Å². The summed E-state index contributed by atoms with van der Waals surface area (Å²) in [5.74, 6) is 2.09. The van der Waals surface area contributed by atoms with E-state index < -0.39 is 0 Å². The Morgan fingerprint density at radius 1 is 1.32 bits per heavy atom. The number of hydrogen-bond donors (Lipinski definition) is 1. The van der Waals surface area contributed by atoms with Gasteiger partial charge in [-0.2, -0.15) is 11.8 Å². The van der Waals surface area contributed by atoms with Crippen LogP contribution in [-0.4, -0.2) is 28.6 Å². The molecule has 2 aliphatic rings. The number of carbonyl (C=O) groups excluding carboxylic acids is 1. The van der Waals surface area contributed by atoms with Crippen LogP contribution < -0.4 is 5.32 Å². The molecular weight excluding hydrogens is 260 g/mol. The number of nitrogens with one attached hydrogen (secondary N) is 1. The molecule has 1 aliphatic heterocycles. The minimum atomic E-state index is -0.0561. The van der Waals surface area contributed by atoms with Crippen molar-refractivity contribution < 1.29 is 9.32 Å². The van der Waals surface area contributed by atoms with Crippen LogP contribution in [0.5, 0.6) is 0 Å². The quantitative estimate of drug-likeness (QED) is 0.865. The molecule has 3 rings (SSSR count). The second-order valence-corrected chi connectivity index (χ2v) is 6.75. The van der Waals surface area contributed by atoms with Crippen LogP contribution in [0.3, 0.4) is 0 Å². The Hall–Kier alpha value is -0.970. The number of thioether (sulfide) groups is 1. The average Bonchev–Trinajstić information content (AvgIpc) is 3.02. The summed E-state index contributed by atoms with van der Waals surface area (Å²) in [6.45, 7) is 0.755. The summed E-state index contributed by atoms with van der Waals surface area (Å²) in [5, 5.41) is 7.58. The summed E-state index contributed by atoms with van der Waals surface area (Å²) < 4.78 is 5.34. The highest BCUT2D eigenvalue weighted by Gasteiger charge is 2.24. The van der Waals surface area contributed by atoms with Crippen molar-refractivity contribution in [3.63, 3.8) is 0 Å². The summed E-state index contributed by atoms with van der Waals surface area (Å²) in [5.41, 5.74) is 1.58. The molecule has 0 spiro atoms. The van der Waals surface area contributed by atoms with E-state index in [9.17, 15) is 4.79 Å². The lowest BCUT2D eigenvalue weighted by Gasteiger charge is -2.09. The van der Waals surface area contributed by atoms with Gasteiger partial charge in [0.2, 0.25) is 0 Å². The number of nitrogens with zero attached hydrogens (tertiary/aromatic N) is 1. The van der Waals surface area contributed by atoms with Gasteiger partial charge in [0.1, 0.15) is 5.76 Å². The molecule has 0 aromatic carbocycles. The number of carbonyl (C=O) groups is 1. The van der Waals surface area contributed by atoms with Gasteiger partial charge in [-0.15, -0.1) is 0 Å². The zero-order valence-corrected chi connectivity index (χ0v) is 11.9. The minimum Gasteiger partial charge on any atom is -0.360 e. The first kappa shape index (κ1) is 13.0. The molecule has 104 valence electrons. The highest BCUT2D eigenvalue weighted by Crippen LogP contribution is 2.26. The van der Waals surface area contributed by atoms with Crippen LogP contribution >= 0.6 is 11.8 Å². The van der Waals surface area contributed by atoms with Gasteiger partial charge in [-0.25, -0.2) is 0 Å². The van der Waals surface area contributed by atoms with Crippen LogP contribution in [0.1, 0.15) is 53.9 Å². The maximum Gasteiger partial charge on any atom is 0.273 e. The smallest absolute Gasteiger partial charge is 0.273 e. The Labute approximate surface area is 117 Å². The van der Waals surface area contributed by atoms with Crippen molar-refractivity contribution in [2.24, 2.45) is 0 Å². The highest BCUT2D eigenvalue weighted by molar-refractivity contribution is 8.00. The highest BCUT2D eigenvalue weighted by atomic mass is 32.2. The lowest BCUT2D eigenvalue weighted by atomic mass is 10.1. The number of aromatic nitrogens is 1. The van der Waals surface area contributed by atoms with Crippen LogP contribution in [0.25, 0.3) is 0 Å². The first-order chi connectivity index (χ1) is 9.34. The molecular formula is C14H20N2O2S. The van der Waals surface area contributed by atoms with Crippen molar-refractivity contribution in [1.82, 2.24) is 10.5 Å². The van der Waals surface area contributed by atoms with Crippen molar-refractivity contribution in [2.75, 3.05) is 12.3 Å². The third-order valence-corrected chi connectivity index (χ3v) is 5.33. The topological polar surface area (TPSA) is 55.1 Å². The van der Waals surface area contributed by atoms with Gasteiger partial charge in [0.05, 0.1) is 0 Å². The average molecular weight is 280 g/mol. The third-order valence-electron chi connectivity index (χ3n) is 3.93. The number of hydrogen-bond acceptors (Lipinski definition) is 4. The predicted molar refractivity (Wildman–Crippen MR) is 75.6 cm³/mol. The summed E-state index contributed by atoms with van der Waals surface area (Å²) in [7, 11) is 0. The molecule has 1 fully saturated rings. The zero-order chi connectivity index (χ0) is 13.1. The summed E-state index contributed by atoms with van der Waals surface area (Å²) in [4.78, 5) is 12.2. The van der Waals surface area contributed by atoms with E-state index in [0.717, 1.165) is 43.6 Å². The monoisotopic (exact) mass is 280 g/mol. The maximum absolute atomic E-state index is 12.2. The molecule has 1 aromatic heterocycles. The van der Waals surface area contributed by atoms with E-state index in [1.54, 1.807) is 0 Å². The van der Waals surface area contributed by atoms with Gasteiger partial charge >= 0.3 is 0 Å². The Morgan fingerprint density at radius 2 is 2.21 bits per heavy atom. The fourth-order valence-electron chi connectivity index (χ4n) is 2.84. The molecule has 1 aromatic rings. The fourth-order valence-corrected chi connectivity index (χ4v) is 4.04. The van der Waals surface area contributed by atoms with E-state index >= 15 is 0 Å². The molecule has 1 unspecified atom stereocenters. The van der Waals surface area contributed by atoms with Crippen LogP contribution in [0.2, 0.25) is 0 Å². The first-order valence-electron chi connectivity index (χ1n) is 7.22. The van der Waals surface area contributed by atoms with Crippen molar-refractivity contribution >= 4 is 17.7 Å². The van der Waals surface area contributed by atoms with Crippen LogP contribution in [0.4, 0.5) is 0 Å². The number of amides is 1. The molecule has 19 heavy (non-hydrogen) atoms. The van der Waals surface area contributed by atoms with Crippen molar-refractivity contribution in [2.45, 2.75) is 50.2 Å². The molecule has 1 saturated heterocycles. The third kappa shape index (κ3) is 2.96. The molecule has 0 saturated carbocycles. The van der Waals surface area contributed by atoms with Crippen molar-refractivity contribution in [3.05, 3.63) is 17.0 Å². The van der Waals surface area contributed by atoms with E-state index in [0.29, 0.717) is 10.9 Å². The molecule has 0 radical (unpaired) electrons. The van der Waals surface area contributed by atoms with Crippen molar-refractivity contribution in [3.8, 4) is 0 Å². The Kier molecular flexibility index (Phi) is 4.11. The van der Waals surface area contributed by atoms with E-state index in [1.807, 2.05) is 11.8 Å². The molecule has 1 aliphatic carbocycles. The van der Waals surface area contributed by atoms with E-state index in [1.165, 1.54) is 25.0 Å². The van der Waals surface area contributed by atoms with E-state index in [2.05, 4.69) is 10.5 Å². The number of aryl methyl sites for hydroxylation is 1. The summed E-state index contributed by atoms with van der Waals surface area (Å²) in [6, 6.07) is 0. The predicted octanol–water partition coefficient (Wildman–Crippen LogP) is 2.57. The molecule has 1 N–H and O–H groups in total. The van der Waals surface area contributed by atoms with Gasteiger partial charge < -0.3 is 9.84 Å². The van der Waals surface area contributed by atoms with Crippen LogP contribution in [0.15, 0.2) is 4.52 Å². The van der Waals surface area contributed by atoms with Gasteiger partial charge in [0.25, 0.3) is 5.91 Å². The largest absolute Gasteiger partial charge is 0.360 e. The molecule has 1 amide bonds. The molecule has 2 heterocycles. The fraction of sp³-hybridized carbons (Fsp3) is 0.714. The van der Waals surface area contributed by atoms with Crippen molar-refractivity contribution in [1.29, 1.82) is 0 Å². The Morgan fingerprint density at radius 3 is 3.05 bits per heavy atom. The molecule has 5 heteroatoms. The second kappa shape index (κ2) is 5.99. The number of rotatable bonds is 3. The normalized spacial score (nSPS) is 22.8. The standard InChI is InChI=1S/C14H20N2O2S/c17-14(15-9-10-5-4-8-19-10)13-11-6-2-1-3-7-12(11)18-16-13/h10H,1-9H2,(H,15,17). The second-order valence-electron chi connectivity index (χ2n) is 5.34. The minimum absolute atomic E-state index is 0.0561. The van der Waals surface area contributed by atoms with Crippen LogP contribution in [0, 0.1) is 0 Å². The van der Waals surface area contributed by atoms with Gasteiger partial charge in [0.15, 0.2) is 5.69 Å². The van der Waals surface area contributed by atoms with Gasteiger partial charge in [-0.1, -0.05) is 11.6 Å². The maximum atomic E-state index is 12.2.